The standard InChI is InChI=1S/C9H12NO/c1-2-3-8-11-9-6-4-5-7-10-9/h5-7H,2-3,8H2,1H3. The van der Waals surface area contributed by atoms with Crippen LogP contribution in [0.5, 0.6) is 5.88 Å². The number of aromatic nitrogens is 1. The van der Waals surface area contributed by atoms with Gasteiger partial charge in [0.2, 0.25) is 5.88 Å². The Morgan fingerprint density at radius 2 is 2.55 bits per heavy atom. The zero-order valence-electron chi connectivity index (χ0n) is 6.71. The Bertz CT molecular complexity index is 186. The summed E-state index contributed by atoms with van der Waals surface area (Å²) < 4.78 is 5.30. The predicted molar refractivity (Wildman–Crippen MR) is 43.5 cm³/mol. The smallest absolute Gasteiger partial charge is 0.213 e. The normalized spacial score (nSPS) is 9.55. The van der Waals surface area contributed by atoms with Crippen molar-refractivity contribution in [1.82, 2.24) is 4.98 Å². The van der Waals surface area contributed by atoms with Gasteiger partial charge in [0.15, 0.2) is 0 Å². The molecule has 11 heavy (non-hydrogen) atoms. The molecule has 0 aliphatic heterocycles. The van der Waals surface area contributed by atoms with Gasteiger partial charge < -0.3 is 4.74 Å². The SMILES string of the molecule is CCCCOc1c[c]ccn1. The van der Waals surface area contributed by atoms with E-state index in [1.54, 1.807) is 18.3 Å². The van der Waals surface area contributed by atoms with Crippen molar-refractivity contribution in [2.45, 2.75) is 19.8 Å². The van der Waals surface area contributed by atoms with Gasteiger partial charge in [-0.3, -0.25) is 0 Å². The maximum Gasteiger partial charge on any atom is 0.213 e. The van der Waals surface area contributed by atoms with Gasteiger partial charge in [0.25, 0.3) is 0 Å². The van der Waals surface area contributed by atoms with E-state index in [0.29, 0.717) is 5.88 Å². The van der Waals surface area contributed by atoms with E-state index in [-0.39, 0.29) is 0 Å². The van der Waals surface area contributed by atoms with Crippen LogP contribution in [0, 0.1) is 6.07 Å². The minimum Gasteiger partial charge on any atom is -0.478 e. The number of hydrogen-bond acceptors (Lipinski definition) is 2. The van der Waals surface area contributed by atoms with E-state index in [0.717, 1.165) is 19.4 Å². The van der Waals surface area contributed by atoms with Crippen LogP contribution >= 0.6 is 0 Å². The van der Waals surface area contributed by atoms with Crippen LogP contribution in [-0.2, 0) is 0 Å². The lowest BCUT2D eigenvalue weighted by Gasteiger charge is -2.01. The Morgan fingerprint density at radius 3 is 3.18 bits per heavy atom. The molecule has 0 aliphatic carbocycles. The summed E-state index contributed by atoms with van der Waals surface area (Å²) in [7, 11) is 0. The Morgan fingerprint density at radius 1 is 1.64 bits per heavy atom. The average Bonchev–Trinajstić information content (AvgIpc) is 2.07. The van der Waals surface area contributed by atoms with Crippen LogP contribution < -0.4 is 4.74 Å². The van der Waals surface area contributed by atoms with Crippen molar-refractivity contribution in [1.29, 1.82) is 0 Å². The Labute approximate surface area is 67.2 Å². The molecular formula is C9H12NO. The van der Waals surface area contributed by atoms with Gasteiger partial charge in [-0.25, -0.2) is 4.98 Å². The fourth-order valence-corrected chi connectivity index (χ4v) is 0.710. The number of rotatable bonds is 4. The lowest BCUT2D eigenvalue weighted by Crippen LogP contribution is -1.97. The maximum absolute atomic E-state index is 5.30. The van der Waals surface area contributed by atoms with Gasteiger partial charge in [0, 0.05) is 12.3 Å². The van der Waals surface area contributed by atoms with Gasteiger partial charge in [-0.2, -0.15) is 0 Å². The van der Waals surface area contributed by atoms with Gasteiger partial charge in [-0.1, -0.05) is 13.3 Å². The third kappa shape index (κ3) is 3.03. The zero-order chi connectivity index (χ0) is 7.94. The quantitative estimate of drug-likeness (QED) is 0.613. The first kappa shape index (κ1) is 8.05. The molecule has 59 valence electrons. The van der Waals surface area contributed by atoms with Gasteiger partial charge in [0.1, 0.15) is 0 Å². The van der Waals surface area contributed by atoms with Gasteiger partial charge in [0.05, 0.1) is 6.61 Å². The Balaban J connectivity index is 2.28. The average molecular weight is 150 g/mol. The molecule has 0 spiro atoms. The molecule has 0 aromatic carbocycles. The number of pyridine rings is 1. The molecular weight excluding hydrogens is 138 g/mol. The van der Waals surface area contributed by atoms with Crippen molar-refractivity contribution in [2.75, 3.05) is 6.61 Å². The second kappa shape index (κ2) is 4.72. The summed E-state index contributed by atoms with van der Waals surface area (Å²) in [6, 6.07) is 6.40. The van der Waals surface area contributed by atoms with Crippen LogP contribution in [0.15, 0.2) is 18.3 Å². The van der Waals surface area contributed by atoms with E-state index in [1.807, 2.05) is 0 Å². The van der Waals surface area contributed by atoms with Crippen molar-refractivity contribution in [3.05, 3.63) is 24.4 Å². The lowest BCUT2D eigenvalue weighted by molar-refractivity contribution is 0.298. The van der Waals surface area contributed by atoms with E-state index in [2.05, 4.69) is 18.0 Å². The van der Waals surface area contributed by atoms with E-state index >= 15 is 0 Å². The highest BCUT2D eigenvalue weighted by atomic mass is 16.5. The first-order valence-corrected chi connectivity index (χ1v) is 3.88. The first-order chi connectivity index (χ1) is 5.43. The van der Waals surface area contributed by atoms with Crippen molar-refractivity contribution in [3.63, 3.8) is 0 Å². The number of hydrogen-bond donors (Lipinski definition) is 0. The van der Waals surface area contributed by atoms with Gasteiger partial charge >= 0.3 is 0 Å². The van der Waals surface area contributed by atoms with Crippen LogP contribution in [0.3, 0.4) is 0 Å². The van der Waals surface area contributed by atoms with Crippen LogP contribution in [-0.4, -0.2) is 11.6 Å². The summed E-state index contributed by atoms with van der Waals surface area (Å²) in [6.45, 7) is 2.88. The van der Waals surface area contributed by atoms with Gasteiger partial charge in [-0.15, -0.1) is 0 Å². The zero-order valence-corrected chi connectivity index (χ0v) is 6.71. The van der Waals surface area contributed by atoms with Crippen LogP contribution in [0.1, 0.15) is 19.8 Å². The summed E-state index contributed by atoms with van der Waals surface area (Å²) in [6.07, 6.45) is 3.91. The van der Waals surface area contributed by atoms with E-state index in [1.165, 1.54) is 0 Å². The summed E-state index contributed by atoms with van der Waals surface area (Å²) in [5, 5.41) is 0. The topological polar surface area (TPSA) is 22.1 Å². The van der Waals surface area contributed by atoms with E-state index in [9.17, 15) is 0 Å². The Hall–Kier alpha value is -1.05. The first-order valence-electron chi connectivity index (χ1n) is 3.88. The van der Waals surface area contributed by atoms with Crippen LogP contribution in [0.4, 0.5) is 0 Å². The molecule has 0 unspecified atom stereocenters. The van der Waals surface area contributed by atoms with Crippen molar-refractivity contribution < 1.29 is 4.74 Å². The summed E-state index contributed by atoms with van der Waals surface area (Å²) >= 11 is 0. The molecule has 0 saturated carbocycles. The highest BCUT2D eigenvalue weighted by Gasteiger charge is 1.90. The molecule has 0 fully saturated rings. The van der Waals surface area contributed by atoms with Crippen molar-refractivity contribution >= 4 is 0 Å². The van der Waals surface area contributed by atoms with E-state index < -0.39 is 0 Å². The number of unbranched alkanes of at least 4 members (excludes halogenated alkanes) is 1. The fraction of sp³-hybridized carbons (Fsp3) is 0.444. The fourth-order valence-electron chi connectivity index (χ4n) is 0.710. The molecule has 1 aromatic heterocycles. The molecule has 1 aromatic rings. The summed E-state index contributed by atoms with van der Waals surface area (Å²) in [4.78, 5) is 4.00. The van der Waals surface area contributed by atoms with Crippen molar-refractivity contribution in [3.8, 4) is 5.88 Å². The molecule has 2 heteroatoms. The molecule has 0 atom stereocenters. The molecule has 0 bridgehead atoms. The van der Waals surface area contributed by atoms with Gasteiger partial charge in [-0.05, 0) is 18.6 Å². The molecule has 0 saturated heterocycles. The molecule has 2 nitrogen and oxygen atoms in total. The largest absolute Gasteiger partial charge is 0.478 e. The maximum atomic E-state index is 5.30. The second-order valence-corrected chi connectivity index (χ2v) is 2.30. The molecule has 1 rings (SSSR count). The highest BCUT2D eigenvalue weighted by molar-refractivity contribution is 5.07. The third-order valence-electron chi connectivity index (χ3n) is 1.33. The lowest BCUT2D eigenvalue weighted by atomic mass is 10.4. The Kier molecular flexibility index (Phi) is 3.45. The second-order valence-electron chi connectivity index (χ2n) is 2.30. The predicted octanol–water partition coefficient (Wildman–Crippen LogP) is 2.06. The van der Waals surface area contributed by atoms with Crippen molar-refractivity contribution in [2.24, 2.45) is 0 Å². The molecule has 0 aliphatic rings. The molecule has 0 amide bonds. The van der Waals surface area contributed by atoms with Crippen LogP contribution in [0.2, 0.25) is 0 Å². The molecule has 1 radical (unpaired) electrons. The third-order valence-corrected chi connectivity index (χ3v) is 1.33. The summed E-state index contributed by atoms with van der Waals surface area (Å²) in [5.41, 5.74) is 0. The highest BCUT2D eigenvalue weighted by Crippen LogP contribution is 2.03. The molecule has 0 N–H and O–H groups in total. The monoisotopic (exact) mass is 150 g/mol. The summed E-state index contributed by atoms with van der Waals surface area (Å²) in [5.74, 6) is 0.668. The minimum absolute atomic E-state index is 0.668. The molecule has 1 heterocycles. The van der Waals surface area contributed by atoms with E-state index in [4.69, 9.17) is 4.74 Å². The number of nitrogens with zero attached hydrogens (tertiary/aromatic N) is 1. The van der Waals surface area contributed by atoms with Crippen LogP contribution in [0.25, 0.3) is 0 Å². The minimum atomic E-state index is 0.668. The number of ether oxygens (including phenoxy) is 1.